The van der Waals surface area contributed by atoms with Crippen molar-refractivity contribution < 1.29 is 23.0 Å². The van der Waals surface area contributed by atoms with Gasteiger partial charge < -0.3 is 25.0 Å². The summed E-state index contributed by atoms with van der Waals surface area (Å²) in [6, 6.07) is 0. The van der Waals surface area contributed by atoms with E-state index in [4.69, 9.17) is 4.74 Å². The number of nitrogens with one attached hydrogen (secondary N) is 2. The number of aromatic nitrogens is 2. The molecule has 0 fully saturated rings. The second-order valence-corrected chi connectivity index (χ2v) is 7.18. The largest absolute Gasteiger partial charge is 0.424 e. The molecule has 0 spiro atoms. The van der Waals surface area contributed by atoms with Crippen LogP contribution >= 0.6 is 24.0 Å². The van der Waals surface area contributed by atoms with Crippen molar-refractivity contribution >= 4 is 29.9 Å². The number of halogens is 4. The maximum Gasteiger partial charge on any atom is 0.424 e. The van der Waals surface area contributed by atoms with Crippen LogP contribution in [0.15, 0.2) is 17.4 Å². The fourth-order valence-electron chi connectivity index (χ4n) is 2.97. The van der Waals surface area contributed by atoms with Gasteiger partial charge in [0.05, 0.1) is 6.10 Å². The number of aliphatic hydroxyl groups is 1. The lowest BCUT2D eigenvalue weighted by atomic mass is 9.97. The van der Waals surface area contributed by atoms with Crippen molar-refractivity contribution in [1.29, 1.82) is 0 Å². The van der Waals surface area contributed by atoms with E-state index in [1.54, 1.807) is 0 Å². The molecule has 2 atom stereocenters. The van der Waals surface area contributed by atoms with Gasteiger partial charge in [-0.25, -0.2) is 4.98 Å². The Labute approximate surface area is 193 Å². The molecule has 0 saturated heterocycles. The smallest absolute Gasteiger partial charge is 0.378 e. The summed E-state index contributed by atoms with van der Waals surface area (Å²) in [7, 11) is 1.42. The van der Waals surface area contributed by atoms with Gasteiger partial charge in [0.1, 0.15) is 5.82 Å². The van der Waals surface area contributed by atoms with Crippen LogP contribution in [0, 0.1) is 5.92 Å². The van der Waals surface area contributed by atoms with Crippen LogP contribution < -0.4 is 10.6 Å². The second-order valence-electron chi connectivity index (χ2n) is 7.18. The predicted octanol–water partition coefficient (Wildman–Crippen LogP) is 3.18. The van der Waals surface area contributed by atoms with E-state index < -0.39 is 24.0 Å². The monoisotopic (exact) mass is 549 g/mol. The third kappa shape index (κ3) is 8.22. The molecule has 0 aliphatic carbocycles. The van der Waals surface area contributed by atoms with Gasteiger partial charge >= 0.3 is 6.18 Å². The Balaban J connectivity index is 0.00000841. The number of ether oxygens (including phenoxy) is 1. The van der Waals surface area contributed by atoms with Gasteiger partial charge in [-0.3, -0.25) is 4.99 Å². The minimum Gasteiger partial charge on any atom is -0.378 e. The lowest BCUT2D eigenvalue weighted by molar-refractivity contribution is -0.272. The summed E-state index contributed by atoms with van der Waals surface area (Å²) in [5.41, 5.74) is -3.05. The Morgan fingerprint density at radius 3 is 2.43 bits per heavy atom. The van der Waals surface area contributed by atoms with Crippen molar-refractivity contribution in [3.8, 4) is 0 Å². The van der Waals surface area contributed by atoms with Gasteiger partial charge in [0, 0.05) is 52.1 Å². The Morgan fingerprint density at radius 1 is 1.30 bits per heavy atom. The summed E-state index contributed by atoms with van der Waals surface area (Å²) in [4.78, 5) is 8.11. The first-order chi connectivity index (χ1) is 13.6. The number of imidazole rings is 1. The Bertz CT molecular complexity index is 640. The molecule has 0 amide bonds. The van der Waals surface area contributed by atoms with E-state index in [-0.39, 0.29) is 36.6 Å². The molecule has 0 aromatic carbocycles. The molecule has 3 N–H and O–H groups in total. The standard InChI is InChI=1S/C19H34F3N5O2.HI/c1-6-23-17(25-10-8-15(14(3)4)29-7-2)26-11-9-18(28,19(20,21)22)16-24-12-13-27(16)5;/h12-15,28H,6-11H2,1-5H3,(H2,23,25,26);1H. The zero-order chi connectivity index (χ0) is 22.1. The van der Waals surface area contributed by atoms with E-state index in [2.05, 4.69) is 34.5 Å². The van der Waals surface area contributed by atoms with Gasteiger partial charge in [0.15, 0.2) is 5.96 Å². The molecule has 30 heavy (non-hydrogen) atoms. The molecule has 11 heteroatoms. The fourth-order valence-corrected chi connectivity index (χ4v) is 2.97. The molecule has 2 unspecified atom stereocenters. The van der Waals surface area contributed by atoms with Crippen molar-refractivity contribution in [1.82, 2.24) is 20.2 Å². The van der Waals surface area contributed by atoms with Crippen molar-refractivity contribution in [2.75, 3.05) is 26.2 Å². The van der Waals surface area contributed by atoms with Crippen LogP contribution in [-0.4, -0.2) is 59.1 Å². The van der Waals surface area contributed by atoms with Gasteiger partial charge in [-0.05, 0) is 26.2 Å². The number of alkyl halides is 3. The Hall–Kier alpha value is -1.08. The zero-order valence-electron chi connectivity index (χ0n) is 18.3. The van der Waals surface area contributed by atoms with E-state index in [1.807, 2.05) is 13.8 Å². The van der Waals surface area contributed by atoms with E-state index in [9.17, 15) is 18.3 Å². The molecular weight excluding hydrogens is 514 g/mol. The normalized spacial score (nSPS) is 15.5. The van der Waals surface area contributed by atoms with Crippen molar-refractivity contribution in [2.45, 2.75) is 58.4 Å². The first-order valence-electron chi connectivity index (χ1n) is 9.97. The summed E-state index contributed by atoms with van der Waals surface area (Å²) < 4.78 is 47.6. The number of guanidine groups is 1. The Kier molecular flexibility index (Phi) is 12.9. The predicted molar refractivity (Wildman–Crippen MR) is 122 cm³/mol. The number of hydrogen-bond acceptors (Lipinski definition) is 4. The molecule has 1 heterocycles. The van der Waals surface area contributed by atoms with Gasteiger partial charge in [-0.15, -0.1) is 24.0 Å². The van der Waals surface area contributed by atoms with E-state index in [0.717, 1.165) is 0 Å². The number of hydrogen-bond donors (Lipinski definition) is 3. The minimum atomic E-state index is -4.86. The highest BCUT2D eigenvalue weighted by molar-refractivity contribution is 14.0. The third-order valence-corrected chi connectivity index (χ3v) is 4.59. The average molecular weight is 549 g/mol. The van der Waals surface area contributed by atoms with Gasteiger partial charge in [0.2, 0.25) is 5.60 Å². The lowest BCUT2D eigenvalue weighted by Gasteiger charge is -2.30. The number of aryl methyl sites for hydroxylation is 1. The van der Waals surface area contributed by atoms with E-state index in [1.165, 1.54) is 24.0 Å². The molecule has 1 rings (SSSR count). The molecule has 1 aromatic heterocycles. The van der Waals surface area contributed by atoms with Crippen LogP contribution in [0.5, 0.6) is 0 Å². The summed E-state index contributed by atoms with van der Waals surface area (Å²) in [6.07, 6.45) is -2.07. The molecule has 0 bridgehead atoms. The third-order valence-electron chi connectivity index (χ3n) is 4.59. The topological polar surface area (TPSA) is 83.7 Å². The van der Waals surface area contributed by atoms with Crippen LogP contribution in [-0.2, 0) is 17.4 Å². The molecule has 7 nitrogen and oxygen atoms in total. The van der Waals surface area contributed by atoms with Crippen molar-refractivity contribution in [3.63, 3.8) is 0 Å². The van der Waals surface area contributed by atoms with Crippen molar-refractivity contribution in [3.05, 3.63) is 18.2 Å². The summed E-state index contributed by atoms with van der Waals surface area (Å²) in [5.74, 6) is 0.307. The lowest BCUT2D eigenvalue weighted by Crippen LogP contribution is -2.48. The highest BCUT2D eigenvalue weighted by atomic mass is 127. The molecule has 1 aromatic rings. The van der Waals surface area contributed by atoms with Gasteiger partial charge in [-0.2, -0.15) is 13.2 Å². The summed E-state index contributed by atoms with van der Waals surface area (Å²) in [5, 5.41) is 16.2. The van der Waals surface area contributed by atoms with Crippen LogP contribution in [0.25, 0.3) is 0 Å². The van der Waals surface area contributed by atoms with Crippen LogP contribution in [0.2, 0.25) is 0 Å². The van der Waals surface area contributed by atoms with Crippen LogP contribution in [0.3, 0.4) is 0 Å². The van der Waals surface area contributed by atoms with E-state index >= 15 is 0 Å². The molecular formula is C19H35F3IN5O2. The van der Waals surface area contributed by atoms with Gasteiger partial charge in [-0.1, -0.05) is 13.8 Å². The van der Waals surface area contributed by atoms with Crippen LogP contribution in [0.4, 0.5) is 13.2 Å². The molecule has 176 valence electrons. The van der Waals surface area contributed by atoms with Crippen LogP contribution in [0.1, 0.15) is 46.4 Å². The molecule has 0 saturated carbocycles. The Morgan fingerprint density at radius 2 is 1.97 bits per heavy atom. The number of nitrogens with zero attached hydrogens (tertiary/aromatic N) is 3. The fraction of sp³-hybridized carbons (Fsp3) is 0.789. The maximum atomic E-state index is 13.6. The first-order valence-corrected chi connectivity index (χ1v) is 9.97. The highest BCUT2D eigenvalue weighted by Gasteiger charge is 2.57. The molecule has 0 aliphatic rings. The van der Waals surface area contributed by atoms with E-state index in [0.29, 0.717) is 38.0 Å². The summed E-state index contributed by atoms with van der Waals surface area (Å²) >= 11 is 0. The molecule has 0 radical (unpaired) electrons. The van der Waals surface area contributed by atoms with Crippen molar-refractivity contribution in [2.24, 2.45) is 18.0 Å². The number of rotatable bonds is 11. The quantitative estimate of drug-likeness (QED) is 0.225. The number of aliphatic imine (C=N–C) groups is 1. The van der Waals surface area contributed by atoms with Gasteiger partial charge in [0.25, 0.3) is 0 Å². The SMILES string of the molecule is CCNC(=NCCC(OCC)C(C)C)NCCC(O)(c1nccn1C)C(F)(F)F.I. The second kappa shape index (κ2) is 13.4. The highest BCUT2D eigenvalue weighted by Crippen LogP contribution is 2.40. The molecule has 0 aliphatic heterocycles. The summed E-state index contributed by atoms with van der Waals surface area (Å²) in [6.45, 7) is 9.48. The average Bonchev–Trinajstić information content (AvgIpc) is 3.06. The first kappa shape index (κ1) is 28.9. The minimum absolute atomic E-state index is 0. The zero-order valence-corrected chi connectivity index (χ0v) is 20.6. The maximum absolute atomic E-state index is 13.6.